The van der Waals surface area contributed by atoms with Gasteiger partial charge in [0.1, 0.15) is 5.41 Å². The van der Waals surface area contributed by atoms with Gasteiger partial charge in [0.05, 0.1) is 12.3 Å². The fourth-order valence-corrected chi connectivity index (χ4v) is 3.06. The zero-order chi connectivity index (χ0) is 16.8. The third kappa shape index (κ3) is 3.80. The van der Waals surface area contributed by atoms with Crippen molar-refractivity contribution in [1.29, 1.82) is 0 Å². The van der Waals surface area contributed by atoms with Gasteiger partial charge >= 0.3 is 5.97 Å². The van der Waals surface area contributed by atoms with Gasteiger partial charge < -0.3 is 15.2 Å². The van der Waals surface area contributed by atoms with Crippen molar-refractivity contribution in [2.45, 2.75) is 19.4 Å². The molecule has 1 aliphatic rings. The van der Waals surface area contributed by atoms with Gasteiger partial charge in [-0.15, -0.1) is 0 Å². The average molecular weight is 326 g/mol. The second-order valence-corrected chi connectivity index (χ2v) is 6.26. The van der Waals surface area contributed by atoms with Crippen LogP contribution in [0.25, 0.3) is 11.3 Å². The molecule has 1 aromatic heterocycles. The number of hydrogen-bond acceptors (Lipinski definition) is 4. The normalized spacial score (nSPS) is 20.7. The maximum absolute atomic E-state index is 11.6. The van der Waals surface area contributed by atoms with E-state index in [-0.39, 0.29) is 6.61 Å². The Bertz CT molecular complexity index is 682. The number of benzene rings is 1. The highest BCUT2D eigenvalue weighted by molar-refractivity contribution is 5.75. The molecule has 1 unspecified atom stereocenters. The van der Waals surface area contributed by atoms with Crippen LogP contribution in [0, 0.1) is 5.41 Å². The van der Waals surface area contributed by atoms with Crippen molar-refractivity contribution in [1.82, 2.24) is 10.3 Å². The first kappa shape index (κ1) is 16.6. The molecule has 0 radical (unpaired) electrons. The van der Waals surface area contributed by atoms with E-state index in [1.807, 2.05) is 36.4 Å². The topological polar surface area (TPSA) is 71.5 Å². The van der Waals surface area contributed by atoms with Crippen molar-refractivity contribution in [3.05, 3.63) is 54.2 Å². The van der Waals surface area contributed by atoms with E-state index in [0.717, 1.165) is 23.2 Å². The summed E-state index contributed by atoms with van der Waals surface area (Å²) in [6.07, 6.45) is 3.23. The highest BCUT2D eigenvalue weighted by Gasteiger charge is 2.40. The summed E-state index contributed by atoms with van der Waals surface area (Å²) < 4.78 is 5.40. The lowest BCUT2D eigenvalue weighted by atomic mass is 9.82. The monoisotopic (exact) mass is 326 g/mol. The van der Waals surface area contributed by atoms with Gasteiger partial charge in [0.15, 0.2) is 0 Å². The van der Waals surface area contributed by atoms with E-state index in [0.29, 0.717) is 26.1 Å². The van der Waals surface area contributed by atoms with Crippen LogP contribution in [0.3, 0.4) is 0 Å². The van der Waals surface area contributed by atoms with Crippen LogP contribution in [0.2, 0.25) is 0 Å². The molecule has 5 heteroatoms. The van der Waals surface area contributed by atoms with Gasteiger partial charge in [-0.25, -0.2) is 0 Å². The van der Waals surface area contributed by atoms with Gasteiger partial charge in [-0.3, -0.25) is 9.78 Å². The molecule has 1 fully saturated rings. The number of carboxylic acids is 1. The maximum atomic E-state index is 11.6. The molecule has 0 bridgehead atoms. The zero-order valence-electron chi connectivity index (χ0n) is 13.6. The summed E-state index contributed by atoms with van der Waals surface area (Å²) in [4.78, 5) is 16.0. The Morgan fingerprint density at radius 1 is 1.29 bits per heavy atom. The first-order chi connectivity index (χ1) is 11.7. The molecule has 1 atom stereocenters. The van der Waals surface area contributed by atoms with E-state index in [4.69, 9.17) is 4.74 Å². The highest BCUT2D eigenvalue weighted by Crippen LogP contribution is 2.28. The molecule has 1 saturated heterocycles. The van der Waals surface area contributed by atoms with E-state index in [9.17, 15) is 9.90 Å². The molecule has 0 amide bonds. The van der Waals surface area contributed by atoms with E-state index < -0.39 is 11.4 Å². The average Bonchev–Trinajstić information content (AvgIpc) is 2.63. The second kappa shape index (κ2) is 7.55. The zero-order valence-corrected chi connectivity index (χ0v) is 13.6. The van der Waals surface area contributed by atoms with Gasteiger partial charge in [0, 0.05) is 31.5 Å². The smallest absolute Gasteiger partial charge is 0.313 e. The molecule has 5 nitrogen and oxygen atoms in total. The standard InChI is InChI=1S/C19H22N2O3/c22-18(23)19(8-4-10-24-14-19)13-20-12-15-5-3-6-16(11-15)17-7-1-2-9-21-17/h1-3,5-7,9,11,20H,4,8,10,12-14H2,(H,22,23). The number of aromatic nitrogens is 1. The van der Waals surface area contributed by atoms with Crippen LogP contribution < -0.4 is 5.32 Å². The Morgan fingerprint density at radius 3 is 2.92 bits per heavy atom. The summed E-state index contributed by atoms with van der Waals surface area (Å²) in [6.45, 7) is 1.97. The van der Waals surface area contributed by atoms with E-state index in [2.05, 4.69) is 16.4 Å². The molecule has 3 rings (SSSR count). The lowest BCUT2D eigenvalue weighted by Gasteiger charge is -2.33. The predicted molar refractivity (Wildman–Crippen MR) is 91.5 cm³/mol. The summed E-state index contributed by atoms with van der Waals surface area (Å²) in [5.74, 6) is -0.781. The van der Waals surface area contributed by atoms with Crippen LogP contribution in [-0.2, 0) is 16.1 Å². The van der Waals surface area contributed by atoms with Gasteiger partial charge in [-0.1, -0.05) is 24.3 Å². The first-order valence-corrected chi connectivity index (χ1v) is 8.22. The molecule has 2 aromatic rings. The number of pyridine rings is 1. The Morgan fingerprint density at radius 2 is 2.21 bits per heavy atom. The van der Waals surface area contributed by atoms with Crippen LogP contribution in [0.4, 0.5) is 0 Å². The van der Waals surface area contributed by atoms with Crippen LogP contribution in [0.1, 0.15) is 18.4 Å². The van der Waals surface area contributed by atoms with Gasteiger partial charge in [0.25, 0.3) is 0 Å². The molecular formula is C19H22N2O3. The van der Waals surface area contributed by atoms with Crippen molar-refractivity contribution < 1.29 is 14.6 Å². The number of nitrogens with zero attached hydrogens (tertiary/aromatic N) is 1. The number of nitrogens with one attached hydrogen (secondary N) is 1. The lowest BCUT2D eigenvalue weighted by molar-refractivity contribution is -0.156. The number of carboxylic acid groups (broad SMARTS) is 1. The minimum atomic E-state index is -0.809. The molecule has 0 aliphatic carbocycles. The molecule has 2 N–H and O–H groups in total. The Hall–Kier alpha value is -2.24. The van der Waals surface area contributed by atoms with Crippen molar-refractivity contribution in [3.63, 3.8) is 0 Å². The van der Waals surface area contributed by atoms with Gasteiger partial charge in [-0.2, -0.15) is 0 Å². The first-order valence-electron chi connectivity index (χ1n) is 8.22. The maximum Gasteiger partial charge on any atom is 0.313 e. The quantitative estimate of drug-likeness (QED) is 0.854. The molecule has 1 aromatic carbocycles. The minimum Gasteiger partial charge on any atom is -0.481 e. The fraction of sp³-hybridized carbons (Fsp3) is 0.368. The van der Waals surface area contributed by atoms with Gasteiger partial charge in [0.2, 0.25) is 0 Å². The number of carbonyl (C=O) groups is 1. The Balaban J connectivity index is 1.63. The third-order valence-corrected chi connectivity index (χ3v) is 4.46. The van der Waals surface area contributed by atoms with Crippen molar-refractivity contribution in [2.24, 2.45) is 5.41 Å². The largest absolute Gasteiger partial charge is 0.481 e. The molecular weight excluding hydrogens is 304 g/mol. The molecule has 126 valence electrons. The lowest BCUT2D eigenvalue weighted by Crippen LogP contribution is -2.46. The Kier molecular flexibility index (Phi) is 5.23. The molecule has 0 saturated carbocycles. The van der Waals surface area contributed by atoms with Crippen LogP contribution >= 0.6 is 0 Å². The van der Waals surface area contributed by atoms with Crippen molar-refractivity contribution in [2.75, 3.05) is 19.8 Å². The SMILES string of the molecule is O=C(O)C1(CNCc2cccc(-c3ccccn3)c2)CCCOC1. The molecule has 0 spiro atoms. The number of ether oxygens (including phenoxy) is 1. The second-order valence-electron chi connectivity index (χ2n) is 6.26. The Labute approximate surface area is 141 Å². The summed E-state index contributed by atoms with van der Waals surface area (Å²) in [6, 6.07) is 14.0. The summed E-state index contributed by atoms with van der Waals surface area (Å²) in [7, 11) is 0. The highest BCUT2D eigenvalue weighted by atomic mass is 16.5. The minimum absolute atomic E-state index is 0.281. The summed E-state index contributed by atoms with van der Waals surface area (Å²) >= 11 is 0. The predicted octanol–water partition coefficient (Wildman–Crippen LogP) is 2.72. The van der Waals surface area contributed by atoms with Crippen molar-refractivity contribution >= 4 is 5.97 Å². The summed E-state index contributed by atoms with van der Waals surface area (Å²) in [5.41, 5.74) is 2.29. The van der Waals surface area contributed by atoms with E-state index in [1.54, 1.807) is 6.20 Å². The van der Waals surface area contributed by atoms with Gasteiger partial charge in [-0.05, 0) is 36.6 Å². The molecule has 2 heterocycles. The number of rotatable bonds is 6. The third-order valence-electron chi connectivity index (χ3n) is 4.46. The van der Waals surface area contributed by atoms with Crippen molar-refractivity contribution in [3.8, 4) is 11.3 Å². The number of hydrogen-bond donors (Lipinski definition) is 2. The summed E-state index contributed by atoms with van der Waals surface area (Å²) in [5, 5.41) is 12.8. The van der Waals surface area contributed by atoms with E-state index in [1.165, 1.54) is 0 Å². The van der Waals surface area contributed by atoms with Crippen LogP contribution in [-0.4, -0.2) is 35.8 Å². The van der Waals surface area contributed by atoms with Crippen LogP contribution in [0.5, 0.6) is 0 Å². The fourth-order valence-electron chi connectivity index (χ4n) is 3.06. The molecule has 1 aliphatic heterocycles. The number of aliphatic carboxylic acids is 1. The van der Waals surface area contributed by atoms with E-state index >= 15 is 0 Å². The van der Waals surface area contributed by atoms with Crippen LogP contribution in [0.15, 0.2) is 48.7 Å². The molecule has 24 heavy (non-hydrogen) atoms.